The van der Waals surface area contributed by atoms with Crippen molar-refractivity contribution in [3.05, 3.63) is 66.7 Å². The van der Waals surface area contributed by atoms with Crippen LogP contribution in [-0.4, -0.2) is 16.9 Å². The van der Waals surface area contributed by atoms with Crippen LogP contribution in [0.1, 0.15) is 12.5 Å². The van der Waals surface area contributed by atoms with E-state index in [4.69, 9.17) is 0 Å². The molecule has 0 heterocycles. The van der Waals surface area contributed by atoms with Crippen molar-refractivity contribution < 1.29 is 5.11 Å². The number of rotatable bonds is 7. The zero-order chi connectivity index (χ0) is 15.1. The Bertz CT molecular complexity index is 580. The molecule has 2 aromatic carbocycles. The molecule has 2 rings (SSSR count). The first-order valence-corrected chi connectivity index (χ1v) is 8.05. The highest BCUT2D eigenvalue weighted by atomic mass is 32.2. The number of anilines is 1. The summed E-state index contributed by atoms with van der Waals surface area (Å²) in [5.41, 5.74) is 2.37. The van der Waals surface area contributed by atoms with Crippen LogP contribution in [0.2, 0.25) is 0 Å². The summed E-state index contributed by atoms with van der Waals surface area (Å²) in [5, 5.41) is 12.9. The van der Waals surface area contributed by atoms with Crippen molar-refractivity contribution in [2.24, 2.45) is 0 Å². The molecule has 0 amide bonds. The topological polar surface area (TPSA) is 32.3 Å². The Balaban J connectivity index is 2.00. The van der Waals surface area contributed by atoms with Crippen molar-refractivity contribution in [3.8, 4) is 5.75 Å². The van der Waals surface area contributed by atoms with Gasteiger partial charge in [0.05, 0.1) is 0 Å². The molecular formula is C18H21NOS. The molecule has 0 fully saturated rings. The number of aromatic hydroxyl groups is 1. The summed E-state index contributed by atoms with van der Waals surface area (Å²) in [6.07, 6.45) is 2.84. The Kier molecular flexibility index (Phi) is 5.76. The monoisotopic (exact) mass is 299 g/mol. The van der Waals surface area contributed by atoms with Crippen LogP contribution in [0.3, 0.4) is 0 Å². The van der Waals surface area contributed by atoms with E-state index in [1.54, 1.807) is 23.9 Å². The lowest BCUT2D eigenvalue weighted by Crippen LogP contribution is -2.18. The lowest BCUT2D eigenvalue weighted by Gasteiger charge is -2.18. The number of hydrogen-bond acceptors (Lipinski definition) is 3. The van der Waals surface area contributed by atoms with Gasteiger partial charge in [0.25, 0.3) is 0 Å². The number of phenols is 1. The summed E-state index contributed by atoms with van der Waals surface area (Å²) in [4.78, 5) is 1.25. The van der Waals surface area contributed by atoms with Crippen molar-refractivity contribution in [2.45, 2.75) is 24.3 Å². The number of hydrogen-bond donors (Lipinski definition) is 2. The summed E-state index contributed by atoms with van der Waals surface area (Å²) >= 11 is 1.78. The molecule has 0 aliphatic heterocycles. The molecule has 110 valence electrons. The van der Waals surface area contributed by atoms with Gasteiger partial charge < -0.3 is 10.4 Å². The number of para-hydroxylation sites is 1. The van der Waals surface area contributed by atoms with Gasteiger partial charge >= 0.3 is 0 Å². The molecule has 0 bridgehead atoms. The van der Waals surface area contributed by atoms with Crippen LogP contribution >= 0.6 is 11.8 Å². The molecule has 0 aromatic heterocycles. The molecule has 21 heavy (non-hydrogen) atoms. The van der Waals surface area contributed by atoms with Gasteiger partial charge in [0.15, 0.2) is 0 Å². The maximum absolute atomic E-state index is 9.32. The normalized spacial score (nSPS) is 11.9. The first kappa shape index (κ1) is 15.5. The van der Waals surface area contributed by atoms with E-state index in [2.05, 4.69) is 37.0 Å². The van der Waals surface area contributed by atoms with E-state index in [-0.39, 0.29) is 0 Å². The Morgan fingerprint density at radius 3 is 2.62 bits per heavy atom. The fourth-order valence-corrected chi connectivity index (χ4v) is 2.92. The minimum Gasteiger partial charge on any atom is -0.508 e. The van der Waals surface area contributed by atoms with E-state index in [1.165, 1.54) is 10.5 Å². The Hall–Kier alpha value is -1.87. The third-order valence-electron chi connectivity index (χ3n) is 3.12. The van der Waals surface area contributed by atoms with Crippen molar-refractivity contribution >= 4 is 17.4 Å². The lowest BCUT2D eigenvalue weighted by atomic mass is 10.1. The summed E-state index contributed by atoms with van der Waals surface area (Å²) < 4.78 is 0. The van der Waals surface area contributed by atoms with E-state index in [0.717, 1.165) is 17.9 Å². The summed E-state index contributed by atoms with van der Waals surface area (Å²) in [6, 6.07) is 16.1. The molecule has 0 saturated carbocycles. The highest BCUT2D eigenvalue weighted by Crippen LogP contribution is 2.27. The minimum atomic E-state index is 0.311. The highest BCUT2D eigenvalue weighted by molar-refractivity contribution is 7.99. The molecule has 2 aromatic rings. The molecule has 1 unspecified atom stereocenters. The quantitative estimate of drug-likeness (QED) is 0.573. The minimum absolute atomic E-state index is 0.311. The fraction of sp³-hybridized carbons (Fsp3) is 0.222. The van der Waals surface area contributed by atoms with Crippen molar-refractivity contribution in [2.75, 3.05) is 11.1 Å². The van der Waals surface area contributed by atoms with Gasteiger partial charge in [-0.05, 0) is 43.2 Å². The zero-order valence-corrected chi connectivity index (χ0v) is 13.1. The number of benzene rings is 2. The van der Waals surface area contributed by atoms with Gasteiger partial charge in [-0.3, -0.25) is 0 Å². The average molecular weight is 299 g/mol. The molecule has 3 heteroatoms. The SMILES string of the molecule is C=CCSc1ccccc1NC(C)Cc1ccc(O)cc1. The molecule has 0 spiro atoms. The van der Waals surface area contributed by atoms with Crippen molar-refractivity contribution in [1.82, 2.24) is 0 Å². The molecule has 2 N–H and O–H groups in total. The van der Waals surface area contributed by atoms with Gasteiger partial charge in [0.1, 0.15) is 5.75 Å². The molecule has 0 saturated heterocycles. The molecule has 1 atom stereocenters. The second-order valence-corrected chi connectivity index (χ2v) is 6.07. The van der Waals surface area contributed by atoms with Crippen LogP contribution in [-0.2, 0) is 6.42 Å². The predicted octanol–water partition coefficient (Wildman–Crippen LogP) is 4.71. The third-order valence-corrected chi connectivity index (χ3v) is 4.19. The van der Waals surface area contributed by atoms with E-state index >= 15 is 0 Å². The fourth-order valence-electron chi connectivity index (χ4n) is 2.16. The van der Waals surface area contributed by atoms with Crippen LogP contribution in [0, 0.1) is 0 Å². The van der Waals surface area contributed by atoms with E-state index in [0.29, 0.717) is 11.8 Å². The Labute approximate surface area is 130 Å². The van der Waals surface area contributed by atoms with Crippen LogP contribution in [0.15, 0.2) is 66.1 Å². The predicted molar refractivity (Wildman–Crippen MR) is 92.3 cm³/mol. The second-order valence-electron chi connectivity index (χ2n) is 5.01. The smallest absolute Gasteiger partial charge is 0.115 e. The van der Waals surface area contributed by atoms with Crippen molar-refractivity contribution in [1.29, 1.82) is 0 Å². The zero-order valence-electron chi connectivity index (χ0n) is 12.3. The first-order valence-electron chi connectivity index (χ1n) is 7.06. The Morgan fingerprint density at radius 2 is 1.90 bits per heavy atom. The average Bonchev–Trinajstić information content (AvgIpc) is 2.49. The van der Waals surface area contributed by atoms with Crippen LogP contribution < -0.4 is 5.32 Å². The molecule has 0 aliphatic carbocycles. The maximum Gasteiger partial charge on any atom is 0.115 e. The molecule has 0 aliphatic rings. The van der Waals surface area contributed by atoms with Gasteiger partial charge in [-0.1, -0.05) is 30.3 Å². The summed E-state index contributed by atoms with van der Waals surface area (Å²) in [7, 11) is 0. The van der Waals surface area contributed by atoms with Gasteiger partial charge in [0, 0.05) is 22.4 Å². The van der Waals surface area contributed by atoms with Gasteiger partial charge in [0.2, 0.25) is 0 Å². The summed E-state index contributed by atoms with van der Waals surface area (Å²) in [5.74, 6) is 1.22. The maximum atomic E-state index is 9.32. The van der Waals surface area contributed by atoms with Gasteiger partial charge in [-0.15, -0.1) is 18.3 Å². The standard InChI is InChI=1S/C18H21NOS/c1-3-12-21-18-7-5-4-6-17(18)19-14(2)13-15-8-10-16(20)11-9-15/h3-11,14,19-20H,1,12-13H2,2H3. The molecule has 0 radical (unpaired) electrons. The second kappa shape index (κ2) is 7.79. The first-order chi connectivity index (χ1) is 10.2. The number of nitrogens with one attached hydrogen (secondary N) is 1. The van der Waals surface area contributed by atoms with Crippen LogP contribution in [0.5, 0.6) is 5.75 Å². The highest BCUT2D eigenvalue weighted by Gasteiger charge is 2.07. The van der Waals surface area contributed by atoms with Gasteiger partial charge in [-0.25, -0.2) is 0 Å². The van der Waals surface area contributed by atoms with Crippen LogP contribution in [0.4, 0.5) is 5.69 Å². The third kappa shape index (κ3) is 4.87. The number of thioether (sulfide) groups is 1. The van der Waals surface area contributed by atoms with Gasteiger partial charge in [-0.2, -0.15) is 0 Å². The molecule has 2 nitrogen and oxygen atoms in total. The summed E-state index contributed by atoms with van der Waals surface area (Å²) in [6.45, 7) is 5.94. The van der Waals surface area contributed by atoms with E-state index in [1.807, 2.05) is 24.3 Å². The van der Waals surface area contributed by atoms with E-state index in [9.17, 15) is 5.11 Å². The van der Waals surface area contributed by atoms with Crippen LogP contribution in [0.25, 0.3) is 0 Å². The molecular weight excluding hydrogens is 278 g/mol. The lowest BCUT2D eigenvalue weighted by molar-refractivity contribution is 0.475. The Morgan fingerprint density at radius 1 is 1.19 bits per heavy atom. The number of phenolic OH excluding ortho intramolecular Hbond substituents is 1. The van der Waals surface area contributed by atoms with E-state index < -0.39 is 0 Å². The largest absolute Gasteiger partial charge is 0.508 e. The van der Waals surface area contributed by atoms with Crippen molar-refractivity contribution in [3.63, 3.8) is 0 Å².